The highest BCUT2D eigenvalue weighted by Crippen LogP contribution is 2.31. The van der Waals surface area contributed by atoms with E-state index in [9.17, 15) is 4.79 Å². The first-order valence-corrected chi connectivity index (χ1v) is 6.40. The van der Waals surface area contributed by atoms with Crippen LogP contribution in [0.2, 0.25) is 0 Å². The van der Waals surface area contributed by atoms with E-state index in [0.29, 0.717) is 11.6 Å². The molecule has 2 atom stereocenters. The van der Waals surface area contributed by atoms with E-state index < -0.39 is 6.10 Å². The average Bonchev–Trinajstić information content (AvgIpc) is 2.82. The zero-order valence-electron chi connectivity index (χ0n) is 9.07. The summed E-state index contributed by atoms with van der Waals surface area (Å²) in [6, 6.07) is 1.92. The first-order valence-electron chi connectivity index (χ1n) is 5.60. The molecule has 1 aromatic rings. The zero-order chi connectivity index (χ0) is 11.8. The summed E-state index contributed by atoms with van der Waals surface area (Å²) in [5.41, 5.74) is 0. The second-order valence-electron chi connectivity index (χ2n) is 4.23. The second kappa shape index (κ2) is 4.27. The van der Waals surface area contributed by atoms with Gasteiger partial charge < -0.3 is 15.4 Å². The molecule has 6 heteroatoms. The Morgan fingerprint density at radius 1 is 1.53 bits per heavy atom. The fraction of sp³-hybridized carbons (Fsp3) is 0.455. The second-order valence-corrected chi connectivity index (χ2v) is 5.15. The Bertz CT molecular complexity index is 460. The SMILES string of the molecule is O=C1Nc2ncc(Br)cc2OC1C1CCCN1. The van der Waals surface area contributed by atoms with Gasteiger partial charge in [-0.15, -0.1) is 0 Å². The zero-order valence-corrected chi connectivity index (χ0v) is 10.7. The van der Waals surface area contributed by atoms with Gasteiger partial charge in [0.15, 0.2) is 17.7 Å². The fourth-order valence-corrected chi connectivity index (χ4v) is 2.53. The highest BCUT2D eigenvalue weighted by atomic mass is 79.9. The van der Waals surface area contributed by atoms with E-state index >= 15 is 0 Å². The van der Waals surface area contributed by atoms with E-state index in [1.54, 1.807) is 6.20 Å². The minimum Gasteiger partial charge on any atom is -0.475 e. The lowest BCUT2D eigenvalue weighted by atomic mass is 10.1. The minimum absolute atomic E-state index is 0.0992. The molecule has 3 heterocycles. The summed E-state index contributed by atoms with van der Waals surface area (Å²) in [7, 11) is 0. The topological polar surface area (TPSA) is 63.2 Å². The van der Waals surface area contributed by atoms with Crippen LogP contribution in [0.25, 0.3) is 0 Å². The van der Waals surface area contributed by atoms with E-state index in [1.165, 1.54) is 0 Å². The first kappa shape index (κ1) is 11.0. The van der Waals surface area contributed by atoms with Gasteiger partial charge in [0.1, 0.15) is 0 Å². The number of nitrogens with one attached hydrogen (secondary N) is 2. The van der Waals surface area contributed by atoms with Crippen LogP contribution in [0.1, 0.15) is 12.8 Å². The molecule has 1 fully saturated rings. The lowest BCUT2D eigenvalue weighted by Gasteiger charge is -2.28. The summed E-state index contributed by atoms with van der Waals surface area (Å²) in [4.78, 5) is 16.0. The van der Waals surface area contributed by atoms with Crippen molar-refractivity contribution in [1.29, 1.82) is 0 Å². The van der Waals surface area contributed by atoms with Crippen molar-refractivity contribution in [3.05, 3.63) is 16.7 Å². The predicted octanol–water partition coefficient (Wildman–Crippen LogP) is 1.30. The lowest BCUT2D eigenvalue weighted by molar-refractivity contribution is -0.124. The number of pyridine rings is 1. The summed E-state index contributed by atoms with van der Waals surface area (Å²) >= 11 is 3.34. The molecule has 5 nitrogen and oxygen atoms in total. The molecule has 2 unspecified atom stereocenters. The monoisotopic (exact) mass is 297 g/mol. The molecule has 90 valence electrons. The number of ether oxygens (including phenoxy) is 1. The Morgan fingerprint density at radius 3 is 3.18 bits per heavy atom. The largest absolute Gasteiger partial charge is 0.475 e. The molecule has 0 aromatic carbocycles. The van der Waals surface area contributed by atoms with Gasteiger partial charge in [-0.2, -0.15) is 0 Å². The molecule has 1 saturated heterocycles. The number of hydrogen-bond donors (Lipinski definition) is 2. The van der Waals surface area contributed by atoms with Crippen molar-refractivity contribution < 1.29 is 9.53 Å². The van der Waals surface area contributed by atoms with Crippen LogP contribution in [0.3, 0.4) is 0 Å². The molecule has 2 aliphatic heterocycles. The lowest BCUT2D eigenvalue weighted by Crippen LogP contribution is -2.49. The number of hydrogen-bond acceptors (Lipinski definition) is 4. The average molecular weight is 298 g/mol. The normalized spacial score (nSPS) is 27.2. The highest BCUT2D eigenvalue weighted by Gasteiger charge is 2.36. The minimum atomic E-state index is -0.457. The molecule has 3 rings (SSSR count). The maximum atomic E-state index is 11.9. The summed E-state index contributed by atoms with van der Waals surface area (Å²) in [5.74, 6) is 0.997. The van der Waals surface area contributed by atoms with Crippen molar-refractivity contribution in [3.8, 4) is 5.75 Å². The van der Waals surface area contributed by atoms with Gasteiger partial charge in [0.2, 0.25) is 0 Å². The molecule has 1 aromatic heterocycles. The van der Waals surface area contributed by atoms with Crippen LogP contribution in [0, 0.1) is 0 Å². The number of amides is 1. The Morgan fingerprint density at radius 2 is 2.41 bits per heavy atom. The van der Waals surface area contributed by atoms with Gasteiger partial charge in [0, 0.05) is 10.7 Å². The van der Waals surface area contributed by atoms with Crippen molar-refractivity contribution in [2.45, 2.75) is 25.0 Å². The van der Waals surface area contributed by atoms with Gasteiger partial charge in [-0.25, -0.2) is 4.98 Å². The molecule has 0 radical (unpaired) electrons. The summed E-state index contributed by atoms with van der Waals surface area (Å²) in [6.45, 7) is 0.946. The Hall–Kier alpha value is -1.14. The third-order valence-corrected chi connectivity index (χ3v) is 3.47. The van der Waals surface area contributed by atoms with Gasteiger partial charge in [-0.1, -0.05) is 0 Å². The van der Waals surface area contributed by atoms with Crippen molar-refractivity contribution in [3.63, 3.8) is 0 Å². The summed E-state index contributed by atoms with van der Waals surface area (Å²) in [5, 5.41) is 6.06. The van der Waals surface area contributed by atoms with E-state index in [2.05, 4.69) is 31.5 Å². The number of aromatic nitrogens is 1. The Balaban J connectivity index is 1.88. The Kier molecular flexibility index (Phi) is 2.76. The standard InChI is InChI=1S/C11H12BrN3O2/c12-6-4-8-10(14-5-6)15-11(16)9(17-8)7-2-1-3-13-7/h4-5,7,9,13H,1-3H2,(H,14,15,16). The van der Waals surface area contributed by atoms with E-state index in [0.717, 1.165) is 23.9 Å². The number of carbonyl (C=O) groups excluding carboxylic acids is 1. The number of nitrogens with zero attached hydrogens (tertiary/aromatic N) is 1. The van der Waals surface area contributed by atoms with Crippen molar-refractivity contribution >= 4 is 27.7 Å². The number of carbonyl (C=O) groups is 1. The van der Waals surface area contributed by atoms with Crippen LogP contribution in [-0.2, 0) is 4.79 Å². The third kappa shape index (κ3) is 2.02. The molecule has 0 saturated carbocycles. The molecule has 17 heavy (non-hydrogen) atoms. The van der Waals surface area contributed by atoms with Crippen LogP contribution in [0.5, 0.6) is 5.75 Å². The maximum absolute atomic E-state index is 11.9. The highest BCUT2D eigenvalue weighted by molar-refractivity contribution is 9.10. The third-order valence-electron chi connectivity index (χ3n) is 3.04. The maximum Gasteiger partial charge on any atom is 0.268 e. The first-order chi connectivity index (χ1) is 8.24. The molecule has 0 bridgehead atoms. The number of rotatable bonds is 1. The van der Waals surface area contributed by atoms with E-state index in [-0.39, 0.29) is 11.9 Å². The molecule has 0 aliphatic carbocycles. The van der Waals surface area contributed by atoms with Crippen molar-refractivity contribution in [2.75, 3.05) is 11.9 Å². The van der Waals surface area contributed by atoms with Crippen LogP contribution in [0.4, 0.5) is 5.82 Å². The van der Waals surface area contributed by atoms with Crippen molar-refractivity contribution in [1.82, 2.24) is 10.3 Å². The van der Waals surface area contributed by atoms with Gasteiger partial charge in [-0.05, 0) is 41.4 Å². The molecule has 0 spiro atoms. The quantitative estimate of drug-likeness (QED) is 0.820. The molecular formula is C11H12BrN3O2. The van der Waals surface area contributed by atoms with Crippen LogP contribution >= 0.6 is 15.9 Å². The van der Waals surface area contributed by atoms with Gasteiger partial charge in [-0.3, -0.25) is 4.79 Å². The van der Waals surface area contributed by atoms with E-state index in [4.69, 9.17) is 4.74 Å². The predicted molar refractivity (Wildman–Crippen MR) is 66.0 cm³/mol. The van der Waals surface area contributed by atoms with Crippen molar-refractivity contribution in [2.24, 2.45) is 0 Å². The smallest absolute Gasteiger partial charge is 0.268 e. The van der Waals surface area contributed by atoms with E-state index in [1.807, 2.05) is 6.07 Å². The summed E-state index contributed by atoms with van der Waals surface area (Å²) in [6.07, 6.45) is 3.23. The van der Waals surface area contributed by atoms with Crippen LogP contribution in [0.15, 0.2) is 16.7 Å². The fourth-order valence-electron chi connectivity index (χ4n) is 2.22. The number of fused-ring (bicyclic) bond motifs is 1. The van der Waals surface area contributed by atoms with Gasteiger partial charge in [0.25, 0.3) is 5.91 Å². The van der Waals surface area contributed by atoms with Crippen LogP contribution in [-0.4, -0.2) is 29.6 Å². The van der Waals surface area contributed by atoms with Gasteiger partial charge in [0.05, 0.1) is 6.04 Å². The molecular weight excluding hydrogens is 286 g/mol. The molecule has 1 amide bonds. The molecule has 2 N–H and O–H groups in total. The summed E-state index contributed by atoms with van der Waals surface area (Å²) < 4.78 is 6.58. The number of anilines is 1. The molecule has 2 aliphatic rings. The number of halogens is 1. The Labute approximate surface area is 107 Å². The van der Waals surface area contributed by atoms with Crippen LogP contribution < -0.4 is 15.4 Å². The van der Waals surface area contributed by atoms with Gasteiger partial charge >= 0.3 is 0 Å².